The minimum Gasteiger partial charge on any atom is -0.379 e. The summed E-state index contributed by atoms with van der Waals surface area (Å²) in [4.78, 5) is 32.0. The number of phosphoric ester groups is 1. The number of carbonyl (C=O) groups is 1. The highest BCUT2D eigenvalue weighted by molar-refractivity contribution is 7.53. The van der Waals surface area contributed by atoms with E-state index < -0.39 is 35.7 Å². The van der Waals surface area contributed by atoms with Crippen molar-refractivity contribution >= 4 is 29.6 Å². The van der Waals surface area contributed by atoms with Crippen molar-refractivity contribution in [1.29, 1.82) is 0 Å². The second-order valence-electron chi connectivity index (χ2n) is 13.0. The summed E-state index contributed by atoms with van der Waals surface area (Å²) < 4.78 is 85.7. The molecule has 0 aromatic rings. The van der Waals surface area contributed by atoms with Crippen LogP contribution in [0.3, 0.4) is 0 Å². The molecule has 0 bridgehead atoms. The van der Waals surface area contributed by atoms with E-state index in [9.17, 15) is 28.3 Å². The summed E-state index contributed by atoms with van der Waals surface area (Å²) in [5, 5.41) is 5.95. The fraction of sp³-hybridized carbons (Fsp3) is 0.857. The smallest absolute Gasteiger partial charge is 0.379 e. The fourth-order valence-corrected chi connectivity index (χ4v) is 7.27. The second-order valence-corrected chi connectivity index (χ2v) is 17.2. The Balaban J connectivity index is 2.54. The average Bonchev–Trinajstić information content (AvgIpc) is 3.16. The molecule has 1 amide bonds. The number of carbonyl (C=O) groups excluding carboxylic acids is 1. The Morgan fingerprint density at radius 1 is 0.782 bits per heavy atom. The van der Waals surface area contributed by atoms with Gasteiger partial charge in [-0.05, 0) is 58.0 Å². The quantitative estimate of drug-likeness (QED) is 0.0434. The third-order valence-corrected chi connectivity index (χ3v) is 11.1. The SMILES string of the molecule is CCC(CC)CCOP(=O)(O)OCC(CCCCNC(=O)C1=CCCC=C1)COP(C)(=O)OCC(COCCOCCOCCOCCCNC)O[P+](=O)O. The predicted octanol–water partition coefficient (Wildman–Crippen LogP) is 5.69. The number of amides is 1. The number of phosphoric acid groups is 1. The molecule has 0 aliphatic heterocycles. The summed E-state index contributed by atoms with van der Waals surface area (Å²) in [6, 6.07) is 0. The molecular formula is C35H68N2O15P3+. The first-order valence-electron chi connectivity index (χ1n) is 19.3. The fourth-order valence-electron chi connectivity index (χ4n) is 5.09. The van der Waals surface area contributed by atoms with Gasteiger partial charge in [-0.1, -0.05) is 51.3 Å². The summed E-state index contributed by atoms with van der Waals surface area (Å²) in [5.41, 5.74) is 0.636. The Bertz CT molecular complexity index is 1180. The first-order chi connectivity index (χ1) is 26.4. The van der Waals surface area contributed by atoms with E-state index in [-0.39, 0.29) is 52.2 Å². The molecule has 1 rings (SSSR count). The van der Waals surface area contributed by atoms with Gasteiger partial charge in [0.2, 0.25) is 0 Å². The summed E-state index contributed by atoms with van der Waals surface area (Å²) in [6.45, 7) is 8.67. The molecule has 0 radical (unpaired) electrons. The van der Waals surface area contributed by atoms with Crippen LogP contribution in [0.4, 0.5) is 0 Å². The van der Waals surface area contributed by atoms with Gasteiger partial charge in [0.15, 0.2) is 6.10 Å². The second kappa shape index (κ2) is 32.9. The standard InChI is InChI=1S/C35H67N2O15P3/c1-5-31(6-2)16-20-48-55(42,43)51-28-32(13-10-11-18-37-35(38)33-14-8-7-9-15-33)27-49-54(4,41)50-30-34(52-53(39)40)29-47-26-25-46-24-23-45-22-21-44-19-12-17-36-3/h8,14-15,31-32,34,36H,5-7,9-13,16-30H2,1-4H3,(H2-,37,38,39,40,42,43)/p+1. The van der Waals surface area contributed by atoms with Gasteiger partial charge in [-0.15, -0.1) is 9.42 Å². The number of ether oxygens (including phenoxy) is 4. The number of unbranched alkanes of at least 4 members (excludes halogenated alkanes) is 1. The maximum absolute atomic E-state index is 13.2. The maximum Gasteiger partial charge on any atom is 0.695 e. The Labute approximate surface area is 329 Å². The summed E-state index contributed by atoms with van der Waals surface area (Å²) >= 11 is 0. The number of rotatable bonds is 38. The molecule has 17 nitrogen and oxygen atoms in total. The normalized spacial score (nSPS) is 16.7. The van der Waals surface area contributed by atoms with Gasteiger partial charge in [-0.25, -0.2) is 4.57 Å². The van der Waals surface area contributed by atoms with E-state index in [0.29, 0.717) is 76.8 Å². The van der Waals surface area contributed by atoms with Crippen LogP contribution in [0.15, 0.2) is 23.8 Å². The van der Waals surface area contributed by atoms with E-state index in [1.807, 2.05) is 19.2 Å². The lowest BCUT2D eigenvalue weighted by atomic mass is 10.0. The van der Waals surface area contributed by atoms with Crippen molar-refractivity contribution in [2.24, 2.45) is 11.8 Å². The van der Waals surface area contributed by atoms with Gasteiger partial charge < -0.3 is 43.5 Å². The van der Waals surface area contributed by atoms with Gasteiger partial charge in [-0.2, -0.15) is 0 Å². The molecule has 0 aromatic carbocycles. The van der Waals surface area contributed by atoms with E-state index in [0.717, 1.165) is 38.6 Å². The van der Waals surface area contributed by atoms with Gasteiger partial charge in [0.05, 0.1) is 72.7 Å². The number of hydrogen-bond acceptors (Lipinski definition) is 14. The molecule has 1 aliphatic rings. The highest BCUT2D eigenvalue weighted by Crippen LogP contribution is 2.47. The molecule has 5 atom stereocenters. The van der Waals surface area contributed by atoms with Crippen molar-refractivity contribution in [3.8, 4) is 0 Å². The van der Waals surface area contributed by atoms with Crippen LogP contribution < -0.4 is 10.6 Å². The first kappa shape index (κ1) is 52.0. The van der Waals surface area contributed by atoms with Crippen LogP contribution in [-0.4, -0.2) is 128 Å². The van der Waals surface area contributed by atoms with Crippen LogP contribution in [0.25, 0.3) is 0 Å². The molecule has 0 spiro atoms. The van der Waals surface area contributed by atoms with E-state index in [1.165, 1.54) is 6.66 Å². The molecule has 0 saturated carbocycles. The summed E-state index contributed by atoms with van der Waals surface area (Å²) in [5.74, 6) is -0.246. The maximum atomic E-state index is 13.2. The molecule has 5 unspecified atom stereocenters. The minimum absolute atomic E-state index is 0.0765. The molecule has 1 aliphatic carbocycles. The molecule has 20 heteroatoms. The van der Waals surface area contributed by atoms with Crippen molar-refractivity contribution < 1.29 is 69.8 Å². The van der Waals surface area contributed by atoms with E-state index >= 15 is 0 Å². The van der Waals surface area contributed by atoms with Gasteiger partial charge in [-0.3, -0.25) is 18.4 Å². The van der Waals surface area contributed by atoms with Crippen LogP contribution >= 0.6 is 23.7 Å². The molecule has 0 saturated heterocycles. The lowest BCUT2D eigenvalue weighted by Gasteiger charge is -2.22. The molecular weight excluding hydrogens is 781 g/mol. The van der Waals surface area contributed by atoms with E-state index in [1.54, 1.807) is 6.08 Å². The molecule has 0 heterocycles. The number of hydrogen-bond donors (Lipinski definition) is 4. The van der Waals surface area contributed by atoms with Crippen molar-refractivity contribution in [3.05, 3.63) is 23.8 Å². The highest BCUT2D eigenvalue weighted by atomic mass is 31.2. The van der Waals surface area contributed by atoms with Crippen molar-refractivity contribution in [3.63, 3.8) is 0 Å². The number of nitrogens with one attached hydrogen (secondary N) is 2. The van der Waals surface area contributed by atoms with Crippen LogP contribution in [-0.2, 0) is 60.1 Å². The minimum atomic E-state index is -4.36. The third-order valence-electron chi connectivity index (χ3n) is 8.40. The first-order valence-corrected chi connectivity index (χ1v) is 23.9. The third kappa shape index (κ3) is 29.8. The van der Waals surface area contributed by atoms with Crippen LogP contribution in [0.1, 0.15) is 71.6 Å². The Morgan fingerprint density at radius 3 is 2.04 bits per heavy atom. The van der Waals surface area contributed by atoms with Crippen molar-refractivity contribution in [2.75, 3.05) is 106 Å². The van der Waals surface area contributed by atoms with Gasteiger partial charge in [0.25, 0.3) is 5.91 Å². The molecule has 55 heavy (non-hydrogen) atoms. The van der Waals surface area contributed by atoms with Gasteiger partial charge >= 0.3 is 23.7 Å². The number of allylic oxidation sites excluding steroid dienone is 2. The summed E-state index contributed by atoms with van der Waals surface area (Å²) in [6.07, 6.45) is 11.5. The van der Waals surface area contributed by atoms with Crippen LogP contribution in [0, 0.1) is 11.8 Å². The zero-order valence-corrected chi connectivity index (χ0v) is 36.0. The molecule has 0 aromatic heterocycles. The monoisotopic (exact) mass is 849 g/mol. The van der Waals surface area contributed by atoms with E-state index in [4.69, 9.17) is 41.6 Å². The Hall–Kier alpha value is -0.970. The lowest BCUT2D eigenvalue weighted by Crippen LogP contribution is -2.26. The van der Waals surface area contributed by atoms with Crippen molar-refractivity contribution in [2.45, 2.75) is 77.7 Å². The van der Waals surface area contributed by atoms with Crippen molar-refractivity contribution in [1.82, 2.24) is 10.6 Å². The van der Waals surface area contributed by atoms with Gasteiger partial charge in [0.1, 0.15) is 0 Å². The summed E-state index contributed by atoms with van der Waals surface area (Å²) in [7, 11) is -9.22. The highest BCUT2D eigenvalue weighted by Gasteiger charge is 2.29. The zero-order chi connectivity index (χ0) is 40.6. The average molecular weight is 850 g/mol. The lowest BCUT2D eigenvalue weighted by molar-refractivity contribution is -0.117. The van der Waals surface area contributed by atoms with Gasteiger partial charge in [0, 0.05) is 35.9 Å². The zero-order valence-electron chi connectivity index (χ0n) is 33.3. The van der Waals surface area contributed by atoms with E-state index in [2.05, 4.69) is 24.5 Å². The molecule has 322 valence electrons. The Kier molecular flexibility index (Phi) is 31.2. The molecule has 0 fully saturated rings. The van der Waals surface area contributed by atoms with Crippen LogP contribution in [0.5, 0.6) is 0 Å². The Morgan fingerprint density at radius 2 is 1.42 bits per heavy atom. The molecule has 4 N–H and O–H groups in total. The van der Waals surface area contributed by atoms with Crippen LogP contribution in [0.2, 0.25) is 0 Å². The largest absolute Gasteiger partial charge is 0.695 e. The predicted molar refractivity (Wildman–Crippen MR) is 209 cm³/mol. The topological polar surface area (TPSA) is 216 Å².